The van der Waals surface area contributed by atoms with Crippen molar-refractivity contribution in [3.8, 4) is 5.75 Å². The number of benzene rings is 1. The van der Waals surface area contributed by atoms with E-state index in [2.05, 4.69) is 0 Å². The van der Waals surface area contributed by atoms with Crippen molar-refractivity contribution >= 4 is 15.7 Å². The standard InChI is InChI=1S/C12H20N2O4S/c1-3-14(7-8-15)19(16,17)12-9-10(13)5-6-11(12)18-4-2/h5-6,9,15H,3-4,7-8,13H2,1-2H3. The second-order valence-corrected chi connectivity index (χ2v) is 5.77. The van der Waals surface area contributed by atoms with Crippen molar-refractivity contribution in [2.24, 2.45) is 0 Å². The Morgan fingerprint density at radius 3 is 2.58 bits per heavy atom. The molecule has 0 aliphatic carbocycles. The number of hydrogen-bond donors (Lipinski definition) is 2. The van der Waals surface area contributed by atoms with Crippen LogP contribution in [0.5, 0.6) is 5.75 Å². The molecule has 0 bridgehead atoms. The molecule has 0 unspecified atom stereocenters. The Kier molecular flexibility index (Phi) is 5.59. The molecule has 7 heteroatoms. The number of nitrogens with two attached hydrogens (primary N) is 1. The maximum Gasteiger partial charge on any atom is 0.246 e. The highest BCUT2D eigenvalue weighted by molar-refractivity contribution is 7.89. The van der Waals surface area contributed by atoms with Crippen molar-refractivity contribution < 1.29 is 18.3 Å². The average Bonchev–Trinajstić information content (AvgIpc) is 2.38. The second-order valence-electron chi connectivity index (χ2n) is 3.86. The highest BCUT2D eigenvalue weighted by atomic mass is 32.2. The van der Waals surface area contributed by atoms with Crippen LogP contribution in [0.4, 0.5) is 5.69 Å². The van der Waals surface area contributed by atoms with E-state index in [1.807, 2.05) is 0 Å². The molecule has 6 nitrogen and oxygen atoms in total. The Labute approximate surface area is 113 Å². The van der Waals surface area contributed by atoms with Crippen LogP contribution in [-0.4, -0.2) is 44.1 Å². The van der Waals surface area contributed by atoms with Gasteiger partial charge in [-0.2, -0.15) is 4.31 Å². The second kappa shape index (κ2) is 6.74. The molecule has 3 N–H and O–H groups in total. The number of likely N-dealkylation sites (N-methyl/N-ethyl adjacent to an activating group) is 1. The van der Waals surface area contributed by atoms with Gasteiger partial charge in [-0.15, -0.1) is 0 Å². The van der Waals surface area contributed by atoms with E-state index in [1.165, 1.54) is 10.4 Å². The number of hydrogen-bond acceptors (Lipinski definition) is 5. The van der Waals surface area contributed by atoms with Crippen molar-refractivity contribution in [1.82, 2.24) is 4.31 Å². The SMILES string of the molecule is CCOc1ccc(N)cc1S(=O)(=O)N(CC)CCO. The van der Waals surface area contributed by atoms with E-state index in [-0.39, 0.29) is 30.3 Å². The van der Waals surface area contributed by atoms with Crippen molar-refractivity contribution in [3.63, 3.8) is 0 Å². The molecule has 0 aliphatic rings. The molecule has 1 aromatic rings. The Morgan fingerprint density at radius 2 is 2.05 bits per heavy atom. The van der Waals surface area contributed by atoms with E-state index in [9.17, 15) is 8.42 Å². The summed E-state index contributed by atoms with van der Waals surface area (Å²) in [7, 11) is -3.72. The molecule has 0 aromatic heterocycles. The Morgan fingerprint density at radius 1 is 1.37 bits per heavy atom. The van der Waals surface area contributed by atoms with Crippen molar-refractivity contribution in [1.29, 1.82) is 0 Å². The van der Waals surface area contributed by atoms with Crippen LogP contribution in [0.3, 0.4) is 0 Å². The molecule has 0 atom stereocenters. The highest BCUT2D eigenvalue weighted by Crippen LogP contribution is 2.28. The molecule has 1 rings (SSSR count). The van der Waals surface area contributed by atoms with Gasteiger partial charge in [-0.05, 0) is 25.1 Å². The fourth-order valence-electron chi connectivity index (χ4n) is 1.70. The largest absolute Gasteiger partial charge is 0.492 e. The molecule has 0 saturated heterocycles. The van der Waals surface area contributed by atoms with Gasteiger partial charge < -0.3 is 15.6 Å². The minimum Gasteiger partial charge on any atom is -0.492 e. The van der Waals surface area contributed by atoms with Gasteiger partial charge in [0.25, 0.3) is 0 Å². The van der Waals surface area contributed by atoms with Crippen molar-refractivity contribution in [2.75, 3.05) is 32.0 Å². The van der Waals surface area contributed by atoms with Crippen LogP contribution in [0.15, 0.2) is 23.1 Å². The quantitative estimate of drug-likeness (QED) is 0.719. The number of aliphatic hydroxyl groups excluding tert-OH is 1. The number of nitrogen functional groups attached to an aromatic ring is 1. The summed E-state index contributed by atoms with van der Waals surface area (Å²) in [6.45, 7) is 3.91. The van der Waals surface area contributed by atoms with Crippen LogP contribution >= 0.6 is 0 Å². The Bertz CT molecular complexity index is 516. The molecule has 1 aromatic carbocycles. The summed E-state index contributed by atoms with van der Waals surface area (Å²) in [6, 6.07) is 4.51. The first-order valence-corrected chi connectivity index (χ1v) is 7.54. The Hall–Kier alpha value is -1.31. The molecular weight excluding hydrogens is 268 g/mol. The number of ether oxygens (including phenoxy) is 1. The molecular formula is C12H20N2O4S. The Balaban J connectivity index is 3.29. The topological polar surface area (TPSA) is 92.9 Å². The molecule has 0 spiro atoms. The summed E-state index contributed by atoms with van der Waals surface area (Å²) < 4.78 is 31.5. The maximum absolute atomic E-state index is 12.5. The molecule has 0 amide bonds. The summed E-state index contributed by atoms with van der Waals surface area (Å²) in [6.07, 6.45) is 0. The summed E-state index contributed by atoms with van der Waals surface area (Å²) in [5, 5.41) is 8.94. The van der Waals surface area contributed by atoms with Crippen LogP contribution in [0.1, 0.15) is 13.8 Å². The summed E-state index contributed by atoms with van der Waals surface area (Å²) in [5.74, 6) is 0.271. The summed E-state index contributed by atoms with van der Waals surface area (Å²) >= 11 is 0. The first-order valence-electron chi connectivity index (χ1n) is 6.10. The minimum atomic E-state index is -3.72. The zero-order valence-corrected chi connectivity index (χ0v) is 12.0. The predicted octanol–water partition coefficient (Wildman–Crippen LogP) is 0.670. The van der Waals surface area contributed by atoms with E-state index >= 15 is 0 Å². The van der Waals surface area contributed by atoms with Crippen molar-refractivity contribution in [2.45, 2.75) is 18.7 Å². The third-order valence-corrected chi connectivity index (χ3v) is 4.58. The zero-order valence-electron chi connectivity index (χ0n) is 11.2. The summed E-state index contributed by atoms with van der Waals surface area (Å²) in [5.41, 5.74) is 6.00. The fourth-order valence-corrected chi connectivity index (χ4v) is 3.31. The van der Waals surface area contributed by atoms with E-state index in [0.717, 1.165) is 0 Å². The van der Waals surface area contributed by atoms with Crippen LogP contribution < -0.4 is 10.5 Å². The predicted molar refractivity (Wildman–Crippen MR) is 73.5 cm³/mol. The van der Waals surface area contributed by atoms with E-state index in [4.69, 9.17) is 15.6 Å². The molecule has 0 radical (unpaired) electrons. The zero-order chi connectivity index (χ0) is 14.5. The lowest BCUT2D eigenvalue weighted by Gasteiger charge is -2.21. The molecule has 0 aliphatic heterocycles. The molecule has 0 saturated carbocycles. The molecule has 108 valence electrons. The molecule has 19 heavy (non-hydrogen) atoms. The molecule has 0 fully saturated rings. The van der Waals surface area contributed by atoms with Gasteiger partial charge >= 0.3 is 0 Å². The first kappa shape index (κ1) is 15.7. The monoisotopic (exact) mass is 288 g/mol. The van der Waals surface area contributed by atoms with Crippen LogP contribution in [-0.2, 0) is 10.0 Å². The third-order valence-electron chi connectivity index (χ3n) is 2.59. The number of anilines is 1. The number of rotatable bonds is 7. The van der Waals surface area contributed by atoms with Gasteiger partial charge in [-0.3, -0.25) is 0 Å². The molecule has 0 heterocycles. The van der Waals surface area contributed by atoms with Gasteiger partial charge in [0.1, 0.15) is 10.6 Å². The first-order chi connectivity index (χ1) is 8.97. The van der Waals surface area contributed by atoms with Crippen LogP contribution in [0.2, 0.25) is 0 Å². The van der Waals surface area contributed by atoms with Gasteiger partial charge in [0.05, 0.1) is 13.2 Å². The fraction of sp³-hybridized carbons (Fsp3) is 0.500. The van der Waals surface area contributed by atoms with Crippen molar-refractivity contribution in [3.05, 3.63) is 18.2 Å². The van der Waals surface area contributed by atoms with E-state index in [1.54, 1.807) is 26.0 Å². The normalized spacial score (nSPS) is 11.8. The third kappa shape index (κ3) is 3.59. The van der Waals surface area contributed by atoms with Gasteiger partial charge in [-0.1, -0.05) is 6.92 Å². The van der Waals surface area contributed by atoms with Gasteiger partial charge in [0.15, 0.2) is 0 Å². The van der Waals surface area contributed by atoms with Crippen LogP contribution in [0, 0.1) is 0 Å². The average molecular weight is 288 g/mol. The van der Waals surface area contributed by atoms with E-state index in [0.29, 0.717) is 12.3 Å². The van der Waals surface area contributed by atoms with Gasteiger partial charge in [0.2, 0.25) is 10.0 Å². The summed E-state index contributed by atoms with van der Waals surface area (Å²) in [4.78, 5) is 0.0321. The van der Waals surface area contributed by atoms with Crippen LogP contribution in [0.25, 0.3) is 0 Å². The minimum absolute atomic E-state index is 0.0321. The van der Waals surface area contributed by atoms with Gasteiger partial charge in [0, 0.05) is 18.8 Å². The lowest BCUT2D eigenvalue weighted by molar-refractivity contribution is 0.256. The number of aliphatic hydroxyl groups is 1. The maximum atomic E-state index is 12.5. The highest BCUT2D eigenvalue weighted by Gasteiger charge is 2.26. The van der Waals surface area contributed by atoms with E-state index < -0.39 is 10.0 Å². The number of nitrogens with zero attached hydrogens (tertiary/aromatic N) is 1. The van der Waals surface area contributed by atoms with Gasteiger partial charge in [-0.25, -0.2) is 8.42 Å². The smallest absolute Gasteiger partial charge is 0.246 e. The number of sulfonamides is 1. The lowest BCUT2D eigenvalue weighted by atomic mass is 10.3. The lowest BCUT2D eigenvalue weighted by Crippen LogP contribution is -2.33.